The van der Waals surface area contributed by atoms with Gasteiger partial charge in [-0.15, -0.1) is 0 Å². The summed E-state index contributed by atoms with van der Waals surface area (Å²) in [7, 11) is 0. The van der Waals surface area contributed by atoms with Crippen LogP contribution in [-0.2, 0) is 0 Å². The minimum Gasteiger partial charge on any atom is -0.328 e. The number of fused-ring (bicyclic) bond motifs is 2. The molecule has 0 aromatic rings. The summed E-state index contributed by atoms with van der Waals surface area (Å²) in [5.41, 5.74) is 5.89. The molecule has 0 aromatic carbocycles. The molecule has 0 aliphatic heterocycles. The van der Waals surface area contributed by atoms with E-state index in [-0.39, 0.29) is 0 Å². The van der Waals surface area contributed by atoms with Gasteiger partial charge in [0.2, 0.25) is 0 Å². The van der Waals surface area contributed by atoms with Gasteiger partial charge in [0, 0.05) is 6.04 Å². The molecule has 3 atom stereocenters. The lowest BCUT2D eigenvalue weighted by atomic mass is 9.74. The quantitative estimate of drug-likeness (QED) is 0.505. The third-order valence-electron chi connectivity index (χ3n) is 2.76. The number of rotatable bonds is 0. The fourth-order valence-corrected chi connectivity index (χ4v) is 2.35. The zero-order valence-corrected chi connectivity index (χ0v) is 6.29. The lowest BCUT2D eigenvalue weighted by Crippen LogP contribution is -2.33. The van der Waals surface area contributed by atoms with Gasteiger partial charge >= 0.3 is 0 Å². The third kappa shape index (κ3) is 1.10. The highest BCUT2D eigenvalue weighted by molar-refractivity contribution is 5.00. The van der Waals surface area contributed by atoms with E-state index in [1.807, 2.05) is 0 Å². The number of allylic oxidation sites excluding steroid dienone is 2. The Hall–Kier alpha value is -0.300. The van der Waals surface area contributed by atoms with Gasteiger partial charge in [-0.2, -0.15) is 0 Å². The molecule has 0 radical (unpaired) electrons. The predicted octanol–water partition coefficient (Wildman–Crippen LogP) is 1.69. The van der Waals surface area contributed by atoms with E-state index in [2.05, 4.69) is 12.2 Å². The summed E-state index contributed by atoms with van der Waals surface area (Å²) in [5, 5.41) is 0. The van der Waals surface area contributed by atoms with Crippen LogP contribution in [0.4, 0.5) is 0 Å². The van der Waals surface area contributed by atoms with E-state index in [1.54, 1.807) is 0 Å². The molecule has 0 spiro atoms. The summed E-state index contributed by atoms with van der Waals surface area (Å²) in [4.78, 5) is 0. The lowest BCUT2D eigenvalue weighted by molar-refractivity contribution is 0.262. The maximum atomic E-state index is 5.89. The van der Waals surface area contributed by atoms with Gasteiger partial charge < -0.3 is 5.73 Å². The minimum atomic E-state index is 0.494. The average Bonchev–Trinajstić information content (AvgIpc) is 1.85. The topological polar surface area (TPSA) is 26.0 Å². The van der Waals surface area contributed by atoms with Crippen molar-refractivity contribution in [1.29, 1.82) is 0 Å². The zero-order valence-electron chi connectivity index (χ0n) is 6.29. The van der Waals surface area contributed by atoms with Crippen LogP contribution >= 0.6 is 0 Å². The summed E-state index contributed by atoms with van der Waals surface area (Å²) in [6.07, 6.45) is 9.88. The van der Waals surface area contributed by atoms with Gasteiger partial charge in [-0.25, -0.2) is 0 Å². The number of hydrogen-bond acceptors (Lipinski definition) is 1. The van der Waals surface area contributed by atoms with Crippen LogP contribution in [-0.4, -0.2) is 6.04 Å². The molecule has 1 heteroatoms. The molecule has 2 rings (SSSR count). The third-order valence-corrected chi connectivity index (χ3v) is 2.76. The first kappa shape index (κ1) is 6.41. The second kappa shape index (κ2) is 2.39. The molecule has 2 N–H and O–H groups in total. The Morgan fingerprint density at radius 2 is 2.10 bits per heavy atom. The first-order chi connectivity index (χ1) is 4.84. The first-order valence-electron chi connectivity index (χ1n) is 4.27. The molecule has 0 unspecified atom stereocenters. The average molecular weight is 137 g/mol. The molecule has 0 saturated heterocycles. The summed E-state index contributed by atoms with van der Waals surface area (Å²) >= 11 is 0. The Balaban J connectivity index is 2.09. The van der Waals surface area contributed by atoms with Crippen molar-refractivity contribution in [2.45, 2.75) is 31.7 Å². The molecular formula is C9H15N. The van der Waals surface area contributed by atoms with Crippen molar-refractivity contribution in [1.82, 2.24) is 0 Å². The van der Waals surface area contributed by atoms with Crippen LogP contribution in [0.2, 0.25) is 0 Å². The van der Waals surface area contributed by atoms with Crippen molar-refractivity contribution in [3.05, 3.63) is 12.2 Å². The maximum Gasteiger partial charge on any atom is 0.00471 e. The van der Waals surface area contributed by atoms with Gasteiger partial charge in [0.25, 0.3) is 0 Å². The van der Waals surface area contributed by atoms with Gasteiger partial charge in [-0.05, 0) is 37.5 Å². The van der Waals surface area contributed by atoms with Crippen LogP contribution in [0.5, 0.6) is 0 Å². The van der Waals surface area contributed by atoms with Gasteiger partial charge in [-0.1, -0.05) is 12.2 Å². The van der Waals surface area contributed by atoms with Crippen molar-refractivity contribution in [3.8, 4) is 0 Å². The number of nitrogens with two attached hydrogens (primary N) is 1. The highest BCUT2D eigenvalue weighted by Crippen LogP contribution is 2.34. The highest BCUT2D eigenvalue weighted by Gasteiger charge is 2.26. The summed E-state index contributed by atoms with van der Waals surface area (Å²) in [6.45, 7) is 0. The van der Waals surface area contributed by atoms with E-state index in [0.717, 1.165) is 11.8 Å². The van der Waals surface area contributed by atoms with Crippen LogP contribution in [0.1, 0.15) is 25.7 Å². The van der Waals surface area contributed by atoms with Crippen molar-refractivity contribution >= 4 is 0 Å². The zero-order chi connectivity index (χ0) is 6.97. The maximum absolute atomic E-state index is 5.89. The largest absolute Gasteiger partial charge is 0.328 e. The van der Waals surface area contributed by atoms with E-state index in [0.29, 0.717) is 6.04 Å². The molecule has 1 fully saturated rings. The second-order valence-corrected chi connectivity index (χ2v) is 3.76. The molecular weight excluding hydrogens is 122 g/mol. The second-order valence-electron chi connectivity index (χ2n) is 3.76. The molecule has 0 heterocycles. The minimum absolute atomic E-state index is 0.494. The molecule has 10 heavy (non-hydrogen) atoms. The Labute approximate surface area is 62.3 Å². The lowest BCUT2D eigenvalue weighted by Gasteiger charge is -2.34. The molecule has 1 saturated carbocycles. The molecule has 0 aromatic heterocycles. The molecule has 1 nitrogen and oxygen atoms in total. The standard InChI is InChI=1S/C9H15N/c10-9-5-7-2-1-3-8(4-7)6-9/h1-2,7-9H,3-6,10H2/t7-,8+,9-/m1/s1. The molecule has 2 aliphatic rings. The fourth-order valence-electron chi connectivity index (χ4n) is 2.35. The summed E-state index contributed by atoms with van der Waals surface area (Å²) in [6, 6.07) is 0.494. The smallest absolute Gasteiger partial charge is 0.00471 e. The molecule has 2 bridgehead atoms. The predicted molar refractivity (Wildman–Crippen MR) is 42.6 cm³/mol. The van der Waals surface area contributed by atoms with Crippen molar-refractivity contribution in [3.63, 3.8) is 0 Å². The van der Waals surface area contributed by atoms with Crippen LogP contribution in [0, 0.1) is 11.8 Å². The van der Waals surface area contributed by atoms with Crippen molar-refractivity contribution in [2.24, 2.45) is 17.6 Å². The van der Waals surface area contributed by atoms with Gasteiger partial charge in [0.15, 0.2) is 0 Å². The Kier molecular flexibility index (Phi) is 1.53. The van der Waals surface area contributed by atoms with Crippen molar-refractivity contribution < 1.29 is 0 Å². The normalized spacial score (nSPS) is 45.5. The van der Waals surface area contributed by atoms with Gasteiger partial charge in [0.1, 0.15) is 0 Å². The van der Waals surface area contributed by atoms with E-state index < -0.39 is 0 Å². The Morgan fingerprint density at radius 1 is 1.20 bits per heavy atom. The van der Waals surface area contributed by atoms with Crippen LogP contribution in [0.3, 0.4) is 0 Å². The van der Waals surface area contributed by atoms with E-state index in [1.165, 1.54) is 25.7 Å². The highest BCUT2D eigenvalue weighted by atomic mass is 14.6. The van der Waals surface area contributed by atoms with E-state index in [9.17, 15) is 0 Å². The van der Waals surface area contributed by atoms with Crippen molar-refractivity contribution in [2.75, 3.05) is 0 Å². The molecule has 0 amide bonds. The summed E-state index contributed by atoms with van der Waals surface area (Å²) in [5.74, 6) is 1.74. The molecule has 2 aliphatic carbocycles. The van der Waals surface area contributed by atoms with Crippen LogP contribution < -0.4 is 5.73 Å². The Bertz CT molecular complexity index is 151. The van der Waals surface area contributed by atoms with E-state index >= 15 is 0 Å². The van der Waals surface area contributed by atoms with Gasteiger partial charge in [0.05, 0.1) is 0 Å². The van der Waals surface area contributed by atoms with Crippen LogP contribution in [0.15, 0.2) is 12.2 Å². The fraction of sp³-hybridized carbons (Fsp3) is 0.778. The molecule has 56 valence electrons. The summed E-state index contributed by atoms with van der Waals surface area (Å²) < 4.78 is 0. The van der Waals surface area contributed by atoms with E-state index in [4.69, 9.17) is 5.73 Å². The monoisotopic (exact) mass is 137 g/mol. The number of hydrogen-bond donors (Lipinski definition) is 1. The first-order valence-corrected chi connectivity index (χ1v) is 4.27. The van der Waals surface area contributed by atoms with Crippen LogP contribution in [0.25, 0.3) is 0 Å². The van der Waals surface area contributed by atoms with Gasteiger partial charge in [-0.3, -0.25) is 0 Å². The SMILES string of the molecule is N[C@@H]1C[C@@H]2C=CC[C@H](C1)C2. The Morgan fingerprint density at radius 3 is 2.90 bits per heavy atom.